The summed E-state index contributed by atoms with van der Waals surface area (Å²) in [6, 6.07) is -0.826. The summed E-state index contributed by atoms with van der Waals surface area (Å²) in [5, 5.41) is 8.62. The van der Waals surface area contributed by atoms with E-state index in [-0.39, 0.29) is 5.91 Å². The zero-order chi connectivity index (χ0) is 9.30. The quantitative estimate of drug-likeness (QED) is 0.636. The molecule has 1 N–H and O–H groups in total. The Balaban J connectivity index is 2.79. The Morgan fingerprint density at radius 2 is 2.25 bits per heavy atom. The lowest BCUT2D eigenvalue weighted by Gasteiger charge is -2.19. The molecule has 66 valence electrons. The van der Waals surface area contributed by atoms with E-state index in [1.807, 2.05) is 0 Å². The Morgan fingerprint density at radius 3 is 2.58 bits per heavy atom. The van der Waals surface area contributed by atoms with Crippen LogP contribution in [0.3, 0.4) is 0 Å². The molecule has 0 spiro atoms. The van der Waals surface area contributed by atoms with Gasteiger partial charge in [0.1, 0.15) is 6.04 Å². The molecular formula is C7H9NO3S. The van der Waals surface area contributed by atoms with Gasteiger partial charge in [0.05, 0.1) is 4.99 Å². The van der Waals surface area contributed by atoms with Gasteiger partial charge in [0.25, 0.3) is 0 Å². The molecule has 1 heterocycles. The van der Waals surface area contributed by atoms with E-state index >= 15 is 0 Å². The molecule has 0 saturated carbocycles. The van der Waals surface area contributed by atoms with Crippen LogP contribution in [0.1, 0.15) is 19.8 Å². The Labute approximate surface area is 75.2 Å². The third-order valence-electron chi connectivity index (χ3n) is 1.83. The van der Waals surface area contributed by atoms with Gasteiger partial charge >= 0.3 is 5.97 Å². The smallest absolute Gasteiger partial charge is 0.326 e. The van der Waals surface area contributed by atoms with Crippen LogP contribution in [0, 0.1) is 0 Å². The van der Waals surface area contributed by atoms with Crippen molar-refractivity contribution in [2.75, 3.05) is 0 Å². The second kappa shape index (κ2) is 3.18. The highest BCUT2D eigenvalue weighted by Crippen LogP contribution is 2.16. The van der Waals surface area contributed by atoms with Crippen LogP contribution in [0.15, 0.2) is 0 Å². The van der Waals surface area contributed by atoms with Crippen LogP contribution in [-0.2, 0) is 9.59 Å². The number of hydrogen-bond acceptors (Lipinski definition) is 3. The van der Waals surface area contributed by atoms with E-state index in [0.29, 0.717) is 17.8 Å². The monoisotopic (exact) mass is 187 g/mol. The highest BCUT2D eigenvalue weighted by atomic mass is 32.1. The van der Waals surface area contributed by atoms with Crippen molar-refractivity contribution in [2.45, 2.75) is 25.8 Å². The predicted molar refractivity (Wildman–Crippen MR) is 45.8 cm³/mol. The van der Waals surface area contributed by atoms with Crippen LogP contribution in [-0.4, -0.2) is 32.9 Å². The van der Waals surface area contributed by atoms with E-state index in [9.17, 15) is 9.59 Å². The SMILES string of the molecule is CC(C(=O)O)N1C(=O)CCC1=S. The number of carboxylic acid groups (broad SMARTS) is 1. The number of likely N-dealkylation sites (tertiary alicyclic amines) is 1. The molecule has 5 heteroatoms. The minimum atomic E-state index is -1.02. The lowest BCUT2D eigenvalue weighted by molar-refractivity contribution is -0.145. The van der Waals surface area contributed by atoms with E-state index in [0.717, 1.165) is 0 Å². The van der Waals surface area contributed by atoms with E-state index in [1.165, 1.54) is 11.8 Å². The van der Waals surface area contributed by atoms with Gasteiger partial charge in [-0.2, -0.15) is 0 Å². The highest BCUT2D eigenvalue weighted by molar-refractivity contribution is 7.80. The van der Waals surface area contributed by atoms with Gasteiger partial charge in [-0.25, -0.2) is 4.79 Å². The van der Waals surface area contributed by atoms with Gasteiger partial charge in [-0.1, -0.05) is 12.2 Å². The summed E-state index contributed by atoms with van der Waals surface area (Å²) in [4.78, 5) is 23.2. The molecule has 0 radical (unpaired) electrons. The van der Waals surface area contributed by atoms with E-state index < -0.39 is 12.0 Å². The Hall–Kier alpha value is -0.970. The molecule has 1 saturated heterocycles. The maximum atomic E-state index is 11.1. The maximum absolute atomic E-state index is 11.1. The molecular weight excluding hydrogens is 178 g/mol. The fourth-order valence-corrected chi connectivity index (χ4v) is 1.50. The first kappa shape index (κ1) is 9.12. The summed E-state index contributed by atoms with van der Waals surface area (Å²) in [5.74, 6) is -1.21. The van der Waals surface area contributed by atoms with Gasteiger partial charge in [0, 0.05) is 12.8 Å². The lowest BCUT2D eigenvalue weighted by atomic mass is 10.3. The first-order chi connectivity index (χ1) is 5.54. The topological polar surface area (TPSA) is 57.6 Å². The Morgan fingerprint density at radius 1 is 1.67 bits per heavy atom. The van der Waals surface area contributed by atoms with Crippen LogP contribution in [0.5, 0.6) is 0 Å². The van der Waals surface area contributed by atoms with Gasteiger partial charge < -0.3 is 5.11 Å². The van der Waals surface area contributed by atoms with Gasteiger partial charge in [-0.05, 0) is 6.92 Å². The van der Waals surface area contributed by atoms with Gasteiger partial charge in [-0.3, -0.25) is 9.69 Å². The van der Waals surface area contributed by atoms with Crippen molar-refractivity contribution in [3.05, 3.63) is 0 Å². The molecule has 1 rings (SSSR count). The zero-order valence-electron chi connectivity index (χ0n) is 6.61. The summed E-state index contributed by atoms with van der Waals surface area (Å²) >= 11 is 4.85. The number of nitrogens with zero attached hydrogens (tertiary/aromatic N) is 1. The maximum Gasteiger partial charge on any atom is 0.326 e. The second-order valence-corrected chi connectivity index (χ2v) is 3.14. The van der Waals surface area contributed by atoms with Crippen LogP contribution < -0.4 is 0 Å². The van der Waals surface area contributed by atoms with Crippen molar-refractivity contribution in [3.8, 4) is 0 Å². The summed E-state index contributed by atoms with van der Waals surface area (Å²) < 4.78 is 0. The lowest BCUT2D eigenvalue weighted by Crippen LogP contribution is -2.41. The highest BCUT2D eigenvalue weighted by Gasteiger charge is 2.33. The molecule has 1 aliphatic heterocycles. The summed E-state index contributed by atoms with van der Waals surface area (Å²) in [6.45, 7) is 1.46. The van der Waals surface area contributed by atoms with E-state index in [2.05, 4.69) is 0 Å². The van der Waals surface area contributed by atoms with Crippen LogP contribution in [0.25, 0.3) is 0 Å². The third-order valence-corrected chi connectivity index (χ3v) is 2.24. The summed E-state index contributed by atoms with van der Waals surface area (Å²) in [6.07, 6.45) is 0.849. The number of thiocarbonyl (C=S) groups is 1. The molecule has 12 heavy (non-hydrogen) atoms. The molecule has 0 aromatic carbocycles. The standard InChI is InChI=1S/C7H9NO3S/c1-4(7(10)11)8-5(9)2-3-6(8)12/h4H,2-3H2,1H3,(H,10,11). The van der Waals surface area contributed by atoms with Crippen LogP contribution >= 0.6 is 12.2 Å². The molecule has 1 fully saturated rings. The molecule has 0 bridgehead atoms. The average Bonchev–Trinajstić information content (AvgIpc) is 2.30. The summed E-state index contributed by atoms with van der Waals surface area (Å²) in [5.41, 5.74) is 0. The fraction of sp³-hybridized carbons (Fsp3) is 0.571. The van der Waals surface area contributed by atoms with Gasteiger partial charge in [-0.15, -0.1) is 0 Å². The largest absolute Gasteiger partial charge is 0.480 e. The first-order valence-electron chi connectivity index (χ1n) is 3.61. The number of hydrogen-bond donors (Lipinski definition) is 1. The number of rotatable bonds is 2. The Kier molecular flexibility index (Phi) is 2.42. The fourth-order valence-electron chi connectivity index (χ4n) is 1.14. The van der Waals surface area contributed by atoms with E-state index in [4.69, 9.17) is 17.3 Å². The predicted octanol–water partition coefficient (Wildman–Crippen LogP) is 0.409. The number of carbonyl (C=O) groups excluding carboxylic acids is 1. The zero-order valence-corrected chi connectivity index (χ0v) is 7.43. The molecule has 0 aliphatic carbocycles. The van der Waals surface area contributed by atoms with Crippen molar-refractivity contribution < 1.29 is 14.7 Å². The first-order valence-corrected chi connectivity index (χ1v) is 4.02. The van der Waals surface area contributed by atoms with Crippen molar-refractivity contribution in [1.29, 1.82) is 0 Å². The molecule has 1 aliphatic rings. The third kappa shape index (κ3) is 1.45. The number of carbonyl (C=O) groups is 2. The normalized spacial score (nSPS) is 19.9. The van der Waals surface area contributed by atoms with Gasteiger partial charge in [0.2, 0.25) is 5.91 Å². The molecule has 4 nitrogen and oxygen atoms in total. The van der Waals surface area contributed by atoms with Crippen molar-refractivity contribution in [3.63, 3.8) is 0 Å². The number of carboxylic acids is 1. The number of aliphatic carboxylic acids is 1. The van der Waals surface area contributed by atoms with E-state index in [1.54, 1.807) is 0 Å². The van der Waals surface area contributed by atoms with Crippen molar-refractivity contribution >= 4 is 29.1 Å². The minimum absolute atomic E-state index is 0.185. The minimum Gasteiger partial charge on any atom is -0.480 e. The number of amides is 1. The molecule has 0 aromatic rings. The molecule has 0 aromatic heterocycles. The molecule has 1 amide bonds. The molecule has 1 unspecified atom stereocenters. The summed E-state index contributed by atoms with van der Waals surface area (Å²) in [7, 11) is 0. The van der Waals surface area contributed by atoms with Crippen molar-refractivity contribution in [1.82, 2.24) is 4.90 Å². The van der Waals surface area contributed by atoms with Crippen LogP contribution in [0.2, 0.25) is 0 Å². The second-order valence-electron chi connectivity index (χ2n) is 2.67. The van der Waals surface area contributed by atoms with Crippen molar-refractivity contribution in [2.24, 2.45) is 0 Å². The Bertz CT molecular complexity index is 235. The van der Waals surface area contributed by atoms with Gasteiger partial charge in [0.15, 0.2) is 0 Å². The average molecular weight is 187 g/mol. The molecule has 1 atom stereocenters. The van der Waals surface area contributed by atoms with Crippen LogP contribution in [0.4, 0.5) is 0 Å².